The first-order valence-corrected chi connectivity index (χ1v) is 9.01. The van der Waals surface area contributed by atoms with E-state index in [1.165, 1.54) is 18.2 Å². The van der Waals surface area contributed by atoms with Gasteiger partial charge in [-0.25, -0.2) is 13.1 Å². The first kappa shape index (κ1) is 16.6. The fourth-order valence-electron chi connectivity index (χ4n) is 1.10. The Hall–Kier alpha value is -0.490. The molecule has 0 saturated carbocycles. The van der Waals surface area contributed by atoms with Crippen LogP contribution in [0.15, 0.2) is 23.1 Å². The van der Waals surface area contributed by atoms with E-state index in [0.29, 0.717) is 0 Å². The lowest BCUT2D eigenvalue weighted by Gasteiger charge is -2.08. The summed E-state index contributed by atoms with van der Waals surface area (Å²) in [6, 6.07) is 3.84. The number of anilines is 1. The van der Waals surface area contributed by atoms with Gasteiger partial charge in [-0.05, 0) is 18.2 Å². The van der Waals surface area contributed by atoms with Crippen LogP contribution in [0.5, 0.6) is 0 Å². The first-order chi connectivity index (χ1) is 8.62. The molecule has 0 aliphatic heterocycles. The van der Waals surface area contributed by atoms with Gasteiger partial charge in [-0.1, -0.05) is 11.6 Å². The Morgan fingerprint density at radius 3 is 2.58 bits per heavy atom. The maximum absolute atomic E-state index is 11.8. The van der Waals surface area contributed by atoms with Gasteiger partial charge in [-0.15, -0.1) is 0 Å². The van der Waals surface area contributed by atoms with Crippen LogP contribution in [-0.4, -0.2) is 30.3 Å². The molecule has 0 aliphatic rings. The Labute approximate surface area is 120 Å². The van der Waals surface area contributed by atoms with E-state index in [-0.39, 0.29) is 28.8 Å². The van der Waals surface area contributed by atoms with Crippen molar-refractivity contribution in [1.82, 2.24) is 4.72 Å². The van der Waals surface area contributed by atoms with Gasteiger partial charge in [0.15, 0.2) is 0 Å². The summed E-state index contributed by atoms with van der Waals surface area (Å²) in [5, 5.41) is 0.244. The van der Waals surface area contributed by atoms with Gasteiger partial charge in [0.1, 0.15) is 0 Å². The third kappa shape index (κ3) is 5.57. The molecule has 0 saturated heterocycles. The average Bonchev–Trinajstić information content (AvgIpc) is 2.27. The molecule has 0 spiro atoms. The summed E-state index contributed by atoms with van der Waals surface area (Å²) in [7, 11) is -7.55. The van der Waals surface area contributed by atoms with Crippen molar-refractivity contribution in [3.63, 3.8) is 0 Å². The molecule has 108 valence electrons. The van der Waals surface area contributed by atoms with Crippen LogP contribution in [0.4, 0.5) is 5.69 Å². The monoisotopic (exact) mass is 346 g/mol. The maximum atomic E-state index is 11.8. The minimum atomic E-state index is -3.79. The highest BCUT2D eigenvalue weighted by molar-refractivity contribution is 8.27. The van der Waals surface area contributed by atoms with E-state index >= 15 is 0 Å². The number of hydrogen-bond acceptors (Lipinski definition) is 6. The molecule has 1 rings (SSSR count). The predicted octanol–water partition coefficient (Wildman–Crippen LogP) is 0.351. The van der Waals surface area contributed by atoms with Gasteiger partial charge in [-0.2, -0.15) is 4.21 Å². The first-order valence-electron chi connectivity index (χ1n) is 4.78. The Morgan fingerprint density at radius 2 is 2.05 bits per heavy atom. The topological polar surface area (TPSA) is 119 Å². The second kappa shape index (κ2) is 6.31. The SMILES string of the molecule is Nc1cc(S(=O)(=O)NCCOS(=O)(O)=S)ccc1Cl. The van der Waals surface area contributed by atoms with Gasteiger partial charge in [0.2, 0.25) is 10.0 Å². The number of nitrogens with one attached hydrogen (secondary N) is 1. The van der Waals surface area contributed by atoms with Crippen molar-refractivity contribution in [3.05, 3.63) is 23.2 Å². The van der Waals surface area contributed by atoms with E-state index in [2.05, 4.69) is 20.1 Å². The molecule has 7 nitrogen and oxygen atoms in total. The molecule has 1 aromatic carbocycles. The summed E-state index contributed by atoms with van der Waals surface area (Å²) in [6.07, 6.45) is 0. The third-order valence-electron chi connectivity index (χ3n) is 1.90. The summed E-state index contributed by atoms with van der Waals surface area (Å²) < 4.78 is 49.3. The van der Waals surface area contributed by atoms with Crippen molar-refractivity contribution in [2.75, 3.05) is 18.9 Å². The fourth-order valence-corrected chi connectivity index (χ4v) is 2.76. The molecule has 0 bridgehead atoms. The van der Waals surface area contributed by atoms with E-state index < -0.39 is 19.1 Å². The minimum Gasteiger partial charge on any atom is -0.397 e. The molecular weight excluding hydrogens is 336 g/mol. The van der Waals surface area contributed by atoms with Gasteiger partial charge < -0.3 is 5.73 Å². The molecule has 19 heavy (non-hydrogen) atoms. The minimum absolute atomic E-state index is 0.0718. The molecule has 0 fully saturated rings. The number of rotatable bonds is 6. The third-order valence-corrected chi connectivity index (χ3v) is 4.46. The van der Waals surface area contributed by atoms with Crippen LogP contribution in [0.2, 0.25) is 5.02 Å². The van der Waals surface area contributed by atoms with Crippen molar-refractivity contribution in [2.45, 2.75) is 4.90 Å². The quantitative estimate of drug-likeness (QED) is 0.502. The van der Waals surface area contributed by atoms with Crippen molar-refractivity contribution in [1.29, 1.82) is 0 Å². The van der Waals surface area contributed by atoms with E-state index in [1.54, 1.807) is 0 Å². The number of halogens is 1. The summed E-state index contributed by atoms with van der Waals surface area (Å²) in [6.45, 7) is -0.541. The molecular formula is C8H11ClN2O5S3. The number of benzene rings is 1. The number of nitrogens with two attached hydrogens (primary N) is 1. The van der Waals surface area contributed by atoms with Gasteiger partial charge in [0, 0.05) is 17.7 Å². The Morgan fingerprint density at radius 1 is 1.42 bits per heavy atom. The van der Waals surface area contributed by atoms with Crippen LogP contribution in [-0.2, 0) is 34.4 Å². The van der Waals surface area contributed by atoms with Crippen molar-refractivity contribution < 1.29 is 21.4 Å². The van der Waals surface area contributed by atoms with E-state index in [9.17, 15) is 12.6 Å². The zero-order valence-electron chi connectivity index (χ0n) is 9.41. The van der Waals surface area contributed by atoms with Gasteiger partial charge in [0.25, 0.3) is 9.05 Å². The lowest BCUT2D eigenvalue weighted by molar-refractivity contribution is 0.309. The number of sulfonamides is 1. The summed E-state index contributed by atoms with van der Waals surface area (Å²) in [4.78, 5) is -0.0718. The normalized spacial score (nSPS) is 15.1. The highest BCUT2D eigenvalue weighted by Crippen LogP contribution is 2.21. The molecule has 11 heteroatoms. The molecule has 0 heterocycles. The van der Waals surface area contributed by atoms with E-state index in [0.717, 1.165) is 0 Å². The molecule has 0 aromatic heterocycles. The van der Waals surface area contributed by atoms with Gasteiger partial charge in [-0.3, -0.25) is 8.74 Å². The maximum Gasteiger partial charge on any atom is 0.266 e. The van der Waals surface area contributed by atoms with Crippen molar-refractivity contribution in [2.24, 2.45) is 0 Å². The standard InChI is InChI=1S/C8H11ClN2O5S3/c9-7-2-1-6(5-8(7)10)18(12,13)11-3-4-16-19(14,15)17/h1-2,5,11H,3-4,10H2,(H,14,15,17). The van der Waals surface area contributed by atoms with Crippen LogP contribution in [0.3, 0.4) is 0 Å². The van der Waals surface area contributed by atoms with E-state index in [1.807, 2.05) is 0 Å². The molecule has 0 aliphatic carbocycles. The Bertz CT molecular complexity index is 659. The lowest BCUT2D eigenvalue weighted by atomic mass is 10.3. The highest BCUT2D eigenvalue weighted by atomic mass is 35.5. The summed E-state index contributed by atoms with van der Waals surface area (Å²) in [5.74, 6) is 0. The van der Waals surface area contributed by atoms with E-state index in [4.69, 9.17) is 21.9 Å². The largest absolute Gasteiger partial charge is 0.397 e. The number of hydrogen-bond donors (Lipinski definition) is 3. The van der Waals surface area contributed by atoms with Crippen LogP contribution in [0.25, 0.3) is 0 Å². The second-order valence-corrected chi connectivity index (χ2v) is 7.86. The van der Waals surface area contributed by atoms with Crippen LogP contribution in [0, 0.1) is 0 Å². The fraction of sp³-hybridized carbons (Fsp3) is 0.250. The highest BCUT2D eigenvalue weighted by Gasteiger charge is 2.14. The average molecular weight is 347 g/mol. The number of nitrogen functional groups attached to an aromatic ring is 1. The van der Waals surface area contributed by atoms with Gasteiger partial charge in [0.05, 0.1) is 22.2 Å². The van der Waals surface area contributed by atoms with Crippen molar-refractivity contribution >= 4 is 47.6 Å². The molecule has 1 aromatic rings. The summed E-state index contributed by atoms with van der Waals surface area (Å²) in [5.41, 5.74) is 5.62. The molecule has 0 amide bonds. The summed E-state index contributed by atoms with van der Waals surface area (Å²) >= 11 is 9.75. The Balaban J connectivity index is 2.68. The zero-order chi connectivity index (χ0) is 14.7. The van der Waals surface area contributed by atoms with Crippen LogP contribution >= 0.6 is 11.6 Å². The zero-order valence-corrected chi connectivity index (χ0v) is 12.6. The lowest BCUT2D eigenvalue weighted by Crippen LogP contribution is -2.28. The Kier molecular flexibility index (Phi) is 5.50. The molecule has 0 radical (unpaired) electrons. The van der Waals surface area contributed by atoms with Crippen LogP contribution < -0.4 is 10.5 Å². The van der Waals surface area contributed by atoms with Gasteiger partial charge >= 0.3 is 0 Å². The molecule has 1 unspecified atom stereocenters. The second-order valence-electron chi connectivity index (χ2n) is 3.33. The predicted molar refractivity (Wildman–Crippen MR) is 75.1 cm³/mol. The van der Waals surface area contributed by atoms with Crippen molar-refractivity contribution in [3.8, 4) is 0 Å². The smallest absolute Gasteiger partial charge is 0.266 e. The molecule has 1 atom stereocenters. The van der Waals surface area contributed by atoms with Crippen LogP contribution in [0.1, 0.15) is 0 Å². The molecule has 4 N–H and O–H groups in total.